The summed E-state index contributed by atoms with van der Waals surface area (Å²) < 4.78 is 13.7. The summed E-state index contributed by atoms with van der Waals surface area (Å²) in [4.78, 5) is 2.46. The summed E-state index contributed by atoms with van der Waals surface area (Å²) in [6, 6.07) is 5.20. The van der Waals surface area contributed by atoms with Gasteiger partial charge in [0.2, 0.25) is 0 Å². The summed E-state index contributed by atoms with van der Waals surface area (Å²) in [5, 5.41) is 8.73. The van der Waals surface area contributed by atoms with Gasteiger partial charge in [-0.2, -0.15) is 0 Å². The second-order valence-corrected chi connectivity index (χ2v) is 5.63. The lowest BCUT2D eigenvalue weighted by Crippen LogP contribution is -2.26. The van der Waals surface area contributed by atoms with Crippen molar-refractivity contribution >= 4 is 0 Å². The molecule has 1 aromatic rings. The minimum absolute atomic E-state index is 0.0160. The number of nitrogens with zero attached hydrogens (tertiary/aromatic N) is 1. The average molecular weight is 289 g/mol. The fraction of sp³-hybridized carbons (Fsp3) is 0.556. The summed E-state index contributed by atoms with van der Waals surface area (Å²) in [5.41, 5.74) is 1.55. The number of hydrogen-bond donors (Lipinski definition) is 1. The summed E-state index contributed by atoms with van der Waals surface area (Å²) >= 11 is 0. The lowest BCUT2D eigenvalue weighted by atomic mass is 10.1. The molecule has 0 radical (unpaired) electrons. The minimum Gasteiger partial charge on any atom is -0.395 e. The van der Waals surface area contributed by atoms with Crippen molar-refractivity contribution in [3.05, 3.63) is 35.1 Å². The highest BCUT2D eigenvalue weighted by atomic mass is 19.1. The Bertz CT molecular complexity index is 496. The van der Waals surface area contributed by atoms with Crippen molar-refractivity contribution in [2.75, 3.05) is 19.7 Å². The van der Waals surface area contributed by atoms with Crippen molar-refractivity contribution < 1.29 is 9.50 Å². The van der Waals surface area contributed by atoms with Crippen molar-refractivity contribution in [2.45, 2.75) is 45.1 Å². The maximum atomic E-state index is 13.7. The number of aliphatic hydroxyl groups excluding tert-OH is 1. The molecule has 114 valence electrons. The first kappa shape index (κ1) is 16.0. The standard InChI is InChI=1S/C18H24FNO/c19-18-10-9-16(14-17(18)8-4-7-13-21)15-20-11-5-2-1-3-6-12-20/h9-10,14,21H,1-3,5-7,11-13,15H2. The quantitative estimate of drug-likeness (QED) is 0.863. The van der Waals surface area contributed by atoms with E-state index in [1.165, 1.54) is 38.2 Å². The van der Waals surface area contributed by atoms with Crippen molar-refractivity contribution in [1.29, 1.82) is 0 Å². The molecule has 1 aromatic carbocycles. The van der Waals surface area contributed by atoms with Crippen LogP contribution in [-0.2, 0) is 6.54 Å². The van der Waals surface area contributed by atoms with Crippen LogP contribution >= 0.6 is 0 Å². The summed E-state index contributed by atoms with van der Waals surface area (Å²) in [6.07, 6.45) is 6.88. The van der Waals surface area contributed by atoms with Crippen LogP contribution in [0.25, 0.3) is 0 Å². The fourth-order valence-electron chi connectivity index (χ4n) is 2.71. The highest BCUT2D eigenvalue weighted by molar-refractivity contribution is 5.38. The molecule has 1 heterocycles. The zero-order valence-corrected chi connectivity index (χ0v) is 12.6. The first-order valence-corrected chi connectivity index (χ1v) is 7.90. The lowest BCUT2D eigenvalue weighted by Gasteiger charge is -2.24. The average Bonchev–Trinajstić information content (AvgIpc) is 2.45. The maximum absolute atomic E-state index is 13.7. The predicted molar refractivity (Wildman–Crippen MR) is 83.3 cm³/mol. The van der Waals surface area contributed by atoms with Crippen LogP contribution in [0, 0.1) is 17.7 Å². The van der Waals surface area contributed by atoms with E-state index in [0.717, 1.165) is 25.2 Å². The van der Waals surface area contributed by atoms with Crippen molar-refractivity contribution in [1.82, 2.24) is 4.90 Å². The van der Waals surface area contributed by atoms with Crippen molar-refractivity contribution in [3.63, 3.8) is 0 Å². The van der Waals surface area contributed by atoms with Gasteiger partial charge in [-0.25, -0.2) is 4.39 Å². The number of rotatable bonds is 3. The Labute approximate surface area is 127 Å². The Hall–Kier alpha value is -1.37. The van der Waals surface area contributed by atoms with E-state index in [2.05, 4.69) is 16.7 Å². The molecule has 0 spiro atoms. The Morgan fingerprint density at radius 2 is 1.81 bits per heavy atom. The molecule has 0 aromatic heterocycles. The Morgan fingerprint density at radius 1 is 1.10 bits per heavy atom. The molecule has 0 unspecified atom stereocenters. The van der Waals surface area contributed by atoms with Gasteiger partial charge in [0.15, 0.2) is 0 Å². The monoisotopic (exact) mass is 289 g/mol. The van der Waals surface area contributed by atoms with Gasteiger partial charge in [0.05, 0.1) is 12.2 Å². The van der Waals surface area contributed by atoms with Crippen molar-refractivity contribution in [2.24, 2.45) is 0 Å². The molecule has 0 atom stereocenters. The van der Waals surface area contributed by atoms with E-state index in [0.29, 0.717) is 12.0 Å². The molecule has 21 heavy (non-hydrogen) atoms. The third kappa shape index (κ3) is 5.49. The van der Waals surface area contributed by atoms with Crippen LogP contribution in [0.3, 0.4) is 0 Å². The zero-order valence-electron chi connectivity index (χ0n) is 12.6. The third-order valence-corrected chi connectivity index (χ3v) is 3.85. The normalized spacial score (nSPS) is 16.7. The van der Waals surface area contributed by atoms with E-state index in [1.54, 1.807) is 0 Å². The Morgan fingerprint density at radius 3 is 2.52 bits per heavy atom. The number of halogens is 1. The fourth-order valence-corrected chi connectivity index (χ4v) is 2.71. The molecule has 1 aliphatic heterocycles. The molecule has 0 bridgehead atoms. The molecule has 1 N–H and O–H groups in total. The molecule has 0 aliphatic carbocycles. The largest absolute Gasteiger partial charge is 0.395 e. The summed E-state index contributed by atoms with van der Waals surface area (Å²) in [5.74, 6) is 5.32. The van der Waals surface area contributed by atoms with Gasteiger partial charge in [-0.3, -0.25) is 4.90 Å². The lowest BCUT2D eigenvalue weighted by molar-refractivity contribution is 0.239. The van der Waals surface area contributed by atoms with Crippen molar-refractivity contribution in [3.8, 4) is 11.8 Å². The highest BCUT2D eigenvalue weighted by Crippen LogP contribution is 2.15. The number of likely N-dealkylation sites (tertiary alicyclic amines) is 1. The molecule has 2 rings (SSSR count). The second kappa shape index (κ2) is 8.81. The van der Waals surface area contributed by atoms with E-state index < -0.39 is 0 Å². The van der Waals surface area contributed by atoms with Crippen LogP contribution in [0.15, 0.2) is 18.2 Å². The van der Waals surface area contributed by atoms with E-state index in [-0.39, 0.29) is 12.4 Å². The van der Waals surface area contributed by atoms with Crippen LogP contribution in [0.2, 0.25) is 0 Å². The van der Waals surface area contributed by atoms with Gasteiger partial charge in [-0.1, -0.05) is 37.2 Å². The highest BCUT2D eigenvalue weighted by Gasteiger charge is 2.10. The SMILES string of the molecule is OCCC#Cc1cc(CN2CCCCCCC2)ccc1F. The number of benzene rings is 1. The molecule has 1 saturated heterocycles. The van der Waals surface area contributed by atoms with E-state index in [9.17, 15) is 4.39 Å². The molecule has 2 nitrogen and oxygen atoms in total. The number of hydrogen-bond acceptors (Lipinski definition) is 2. The van der Waals surface area contributed by atoms with Crippen LogP contribution in [0.4, 0.5) is 4.39 Å². The van der Waals surface area contributed by atoms with Crippen LogP contribution < -0.4 is 0 Å². The molecule has 1 fully saturated rings. The van der Waals surface area contributed by atoms with Gasteiger partial charge in [0.1, 0.15) is 5.82 Å². The molecular formula is C18H24FNO. The smallest absolute Gasteiger partial charge is 0.138 e. The van der Waals surface area contributed by atoms with Gasteiger partial charge >= 0.3 is 0 Å². The Balaban J connectivity index is 2.02. The first-order valence-electron chi connectivity index (χ1n) is 7.90. The first-order chi connectivity index (χ1) is 10.3. The second-order valence-electron chi connectivity index (χ2n) is 5.63. The van der Waals surface area contributed by atoms with Gasteiger partial charge in [0.25, 0.3) is 0 Å². The zero-order chi connectivity index (χ0) is 14.9. The van der Waals surface area contributed by atoms with Crippen LogP contribution in [-0.4, -0.2) is 29.7 Å². The van der Waals surface area contributed by atoms with Gasteiger partial charge in [-0.05, 0) is 43.6 Å². The summed E-state index contributed by atoms with van der Waals surface area (Å²) in [6.45, 7) is 3.14. The Kier molecular flexibility index (Phi) is 6.72. The third-order valence-electron chi connectivity index (χ3n) is 3.85. The minimum atomic E-state index is -0.281. The predicted octanol–water partition coefficient (Wildman–Crippen LogP) is 3.33. The molecule has 0 saturated carbocycles. The van der Waals surface area contributed by atoms with Gasteiger partial charge in [-0.15, -0.1) is 0 Å². The molecule has 1 aliphatic rings. The van der Waals surface area contributed by atoms with Gasteiger partial charge < -0.3 is 5.11 Å². The van der Waals surface area contributed by atoms with E-state index in [4.69, 9.17) is 5.11 Å². The molecule has 3 heteroatoms. The van der Waals surface area contributed by atoms with E-state index >= 15 is 0 Å². The van der Waals surface area contributed by atoms with Gasteiger partial charge in [0, 0.05) is 13.0 Å². The molecular weight excluding hydrogens is 265 g/mol. The van der Waals surface area contributed by atoms with Crippen LogP contribution in [0.1, 0.15) is 49.7 Å². The topological polar surface area (TPSA) is 23.5 Å². The molecule has 0 amide bonds. The van der Waals surface area contributed by atoms with Crippen LogP contribution in [0.5, 0.6) is 0 Å². The maximum Gasteiger partial charge on any atom is 0.138 e. The summed E-state index contributed by atoms with van der Waals surface area (Å²) in [7, 11) is 0. The van der Waals surface area contributed by atoms with E-state index in [1.807, 2.05) is 12.1 Å². The number of aliphatic hydroxyl groups is 1.